The number of hydrogen-bond acceptors (Lipinski definition) is 7. The fourth-order valence-electron chi connectivity index (χ4n) is 1.06. The third-order valence-corrected chi connectivity index (χ3v) is 1.87. The SMILES string of the molecule is COc1ccc(C(=O)OOOC(=O)OC(C)C)cc1. The van der Waals surface area contributed by atoms with Gasteiger partial charge in [0, 0.05) is 0 Å². The monoisotopic (exact) mass is 270 g/mol. The molecule has 19 heavy (non-hydrogen) atoms. The second kappa shape index (κ2) is 7.22. The Morgan fingerprint density at radius 1 is 1.05 bits per heavy atom. The van der Waals surface area contributed by atoms with Crippen LogP contribution in [0.2, 0.25) is 0 Å². The van der Waals surface area contributed by atoms with Crippen molar-refractivity contribution >= 4 is 12.1 Å². The normalized spacial score (nSPS) is 9.89. The first-order chi connectivity index (χ1) is 9.02. The number of benzene rings is 1. The van der Waals surface area contributed by atoms with Crippen molar-refractivity contribution < 1.29 is 33.9 Å². The number of carbonyl (C=O) groups excluding carboxylic acids is 2. The number of hydrogen-bond donors (Lipinski definition) is 0. The van der Waals surface area contributed by atoms with Crippen molar-refractivity contribution in [2.75, 3.05) is 7.11 Å². The van der Waals surface area contributed by atoms with Crippen LogP contribution in [0.4, 0.5) is 4.79 Å². The minimum absolute atomic E-state index is 0.210. The van der Waals surface area contributed by atoms with Crippen LogP contribution in [0.25, 0.3) is 0 Å². The van der Waals surface area contributed by atoms with E-state index in [1.807, 2.05) is 0 Å². The third kappa shape index (κ3) is 5.26. The second-order valence-corrected chi connectivity index (χ2v) is 3.67. The van der Waals surface area contributed by atoms with Gasteiger partial charge < -0.3 is 9.47 Å². The summed E-state index contributed by atoms with van der Waals surface area (Å²) in [4.78, 5) is 30.6. The Balaban J connectivity index is 2.36. The number of ether oxygens (including phenoxy) is 2. The lowest BCUT2D eigenvalue weighted by molar-refractivity contribution is -0.452. The Morgan fingerprint density at radius 2 is 1.68 bits per heavy atom. The number of methoxy groups -OCH3 is 1. The van der Waals surface area contributed by atoms with E-state index < -0.39 is 12.1 Å². The summed E-state index contributed by atoms with van der Waals surface area (Å²) in [5.41, 5.74) is 0.210. The van der Waals surface area contributed by atoms with Crippen molar-refractivity contribution in [1.82, 2.24) is 0 Å². The van der Waals surface area contributed by atoms with E-state index in [2.05, 4.69) is 19.6 Å². The minimum atomic E-state index is -1.10. The summed E-state index contributed by atoms with van der Waals surface area (Å²) < 4.78 is 9.50. The average molecular weight is 270 g/mol. The summed E-state index contributed by atoms with van der Waals surface area (Å²) >= 11 is 0. The lowest BCUT2D eigenvalue weighted by Crippen LogP contribution is -2.15. The fourth-order valence-corrected chi connectivity index (χ4v) is 1.06. The van der Waals surface area contributed by atoms with Crippen LogP contribution in [0.5, 0.6) is 5.75 Å². The highest BCUT2D eigenvalue weighted by Gasteiger charge is 2.13. The van der Waals surface area contributed by atoms with E-state index in [1.54, 1.807) is 26.0 Å². The Hall–Kier alpha value is -2.28. The van der Waals surface area contributed by atoms with Gasteiger partial charge in [-0.15, -0.1) is 0 Å². The first kappa shape index (κ1) is 14.8. The molecular weight excluding hydrogens is 256 g/mol. The molecular formula is C12H14O7. The van der Waals surface area contributed by atoms with E-state index >= 15 is 0 Å². The summed E-state index contributed by atoms with van der Waals surface area (Å²) in [6.45, 7) is 3.26. The quantitative estimate of drug-likeness (QED) is 0.461. The summed E-state index contributed by atoms with van der Waals surface area (Å²) in [7, 11) is 1.50. The van der Waals surface area contributed by atoms with E-state index in [-0.39, 0.29) is 11.7 Å². The van der Waals surface area contributed by atoms with Crippen LogP contribution in [-0.2, 0) is 19.6 Å². The number of rotatable bonds is 5. The van der Waals surface area contributed by atoms with Gasteiger partial charge in [0.2, 0.25) is 0 Å². The molecule has 1 aromatic carbocycles. The molecule has 0 spiro atoms. The molecule has 7 nitrogen and oxygen atoms in total. The Morgan fingerprint density at radius 3 is 2.21 bits per heavy atom. The first-order valence-electron chi connectivity index (χ1n) is 5.43. The van der Waals surface area contributed by atoms with Gasteiger partial charge in [0.1, 0.15) is 5.75 Å². The van der Waals surface area contributed by atoms with Gasteiger partial charge >= 0.3 is 12.1 Å². The molecule has 0 aliphatic heterocycles. The maximum absolute atomic E-state index is 11.4. The zero-order chi connectivity index (χ0) is 14.3. The van der Waals surface area contributed by atoms with Crippen LogP contribution < -0.4 is 4.74 Å². The standard InChI is InChI=1S/C12H14O7/c1-8(2)16-12(14)18-19-17-11(13)9-4-6-10(15-3)7-5-9/h4-8H,1-3H3. The molecule has 1 rings (SSSR count). The molecule has 0 aromatic heterocycles. The largest absolute Gasteiger partial charge is 0.543 e. The van der Waals surface area contributed by atoms with Gasteiger partial charge in [-0.05, 0) is 38.1 Å². The molecule has 0 unspecified atom stereocenters. The van der Waals surface area contributed by atoms with Crippen molar-refractivity contribution in [3.8, 4) is 5.75 Å². The zero-order valence-corrected chi connectivity index (χ0v) is 10.7. The maximum atomic E-state index is 11.4. The fraction of sp³-hybridized carbons (Fsp3) is 0.333. The molecule has 0 radical (unpaired) electrons. The summed E-state index contributed by atoms with van der Waals surface area (Å²) in [6.07, 6.45) is -1.47. The highest BCUT2D eigenvalue weighted by molar-refractivity contribution is 5.89. The molecule has 0 saturated heterocycles. The number of carbonyl (C=O) groups is 2. The van der Waals surface area contributed by atoms with E-state index in [4.69, 9.17) is 4.74 Å². The van der Waals surface area contributed by atoms with Crippen LogP contribution in [0.15, 0.2) is 24.3 Å². The van der Waals surface area contributed by atoms with Crippen molar-refractivity contribution in [2.45, 2.75) is 20.0 Å². The Labute approximate surface area is 109 Å². The molecule has 0 saturated carbocycles. The molecule has 0 N–H and O–H groups in total. The van der Waals surface area contributed by atoms with Gasteiger partial charge in [-0.1, -0.05) is 0 Å². The van der Waals surface area contributed by atoms with Crippen molar-refractivity contribution in [3.05, 3.63) is 29.8 Å². The summed E-state index contributed by atoms with van der Waals surface area (Å²) in [5.74, 6) is -0.228. The molecule has 0 amide bonds. The molecule has 7 heteroatoms. The molecule has 0 bridgehead atoms. The molecule has 1 aromatic rings. The van der Waals surface area contributed by atoms with Gasteiger partial charge in [0.15, 0.2) is 0 Å². The highest BCUT2D eigenvalue weighted by Crippen LogP contribution is 2.12. The van der Waals surface area contributed by atoms with Crippen LogP contribution in [0.1, 0.15) is 24.2 Å². The van der Waals surface area contributed by atoms with Crippen molar-refractivity contribution in [3.63, 3.8) is 0 Å². The topological polar surface area (TPSA) is 80.3 Å². The van der Waals surface area contributed by atoms with Gasteiger partial charge in [-0.3, -0.25) is 4.89 Å². The van der Waals surface area contributed by atoms with Crippen LogP contribution in [-0.4, -0.2) is 25.3 Å². The maximum Gasteiger partial charge on any atom is 0.543 e. The van der Waals surface area contributed by atoms with E-state index in [9.17, 15) is 9.59 Å². The molecule has 0 fully saturated rings. The second-order valence-electron chi connectivity index (χ2n) is 3.67. The predicted molar refractivity (Wildman–Crippen MR) is 62.2 cm³/mol. The van der Waals surface area contributed by atoms with Gasteiger partial charge in [-0.2, -0.15) is 0 Å². The van der Waals surface area contributed by atoms with E-state index in [1.165, 1.54) is 19.2 Å². The molecule has 0 atom stereocenters. The van der Waals surface area contributed by atoms with Crippen LogP contribution in [0, 0.1) is 0 Å². The minimum Gasteiger partial charge on any atom is -0.497 e. The molecule has 0 aliphatic rings. The molecule has 0 heterocycles. The van der Waals surface area contributed by atoms with Gasteiger partial charge in [0.25, 0.3) is 0 Å². The molecule has 0 aliphatic carbocycles. The lowest BCUT2D eigenvalue weighted by atomic mass is 10.2. The van der Waals surface area contributed by atoms with Gasteiger partial charge in [0.05, 0.1) is 23.8 Å². The van der Waals surface area contributed by atoms with Crippen molar-refractivity contribution in [2.24, 2.45) is 0 Å². The predicted octanol–water partition coefficient (Wildman–Crippen LogP) is 2.26. The van der Waals surface area contributed by atoms with Crippen LogP contribution >= 0.6 is 0 Å². The van der Waals surface area contributed by atoms with E-state index in [0.717, 1.165) is 0 Å². The van der Waals surface area contributed by atoms with Crippen LogP contribution in [0.3, 0.4) is 0 Å². The van der Waals surface area contributed by atoms with E-state index in [0.29, 0.717) is 5.75 Å². The molecule has 104 valence electrons. The average Bonchev–Trinajstić information content (AvgIpc) is 2.37. The smallest absolute Gasteiger partial charge is 0.497 e. The zero-order valence-electron chi connectivity index (χ0n) is 10.7. The Kier molecular flexibility index (Phi) is 5.62. The lowest BCUT2D eigenvalue weighted by Gasteiger charge is -2.06. The van der Waals surface area contributed by atoms with Gasteiger partial charge in [-0.25, -0.2) is 14.5 Å². The Bertz CT molecular complexity index is 424. The summed E-state index contributed by atoms with van der Waals surface area (Å²) in [5, 5.41) is 4.01. The third-order valence-electron chi connectivity index (χ3n) is 1.87. The summed E-state index contributed by atoms with van der Waals surface area (Å²) in [6, 6.07) is 6.09. The first-order valence-corrected chi connectivity index (χ1v) is 5.43. The highest BCUT2D eigenvalue weighted by atomic mass is 17.5. The van der Waals surface area contributed by atoms with Crippen molar-refractivity contribution in [1.29, 1.82) is 0 Å².